The topological polar surface area (TPSA) is 84.9 Å². The molecule has 0 fully saturated rings. The molecule has 0 unspecified atom stereocenters. The molecule has 0 saturated heterocycles. The zero-order chi connectivity index (χ0) is 22.6. The first-order valence-corrected chi connectivity index (χ1v) is 9.77. The molecule has 0 aliphatic rings. The molecule has 0 aliphatic carbocycles. The van der Waals surface area contributed by atoms with Crippen molar-refractivity contribution in [2.45, 2.75) is 6.42 Å². The summed E-state index contributed by atoms with van der Waals surface area (Å²) in [6.45, 7) is 1.06. The Hall–Kier alpha value is -3.68. The number of amides is 2. The fourth-order valence-electron chi connectivity index (χ4n) is 2.63. The fourth-order valence-corrected chi connectivity index (χ4v) is 2.63. The molecule has 2 amide bonds. The Bertz CT molecular complexity index is 867. The summed E-state index contributed by atoms with van der Waals surface area (Å²) >= 11 is 0. The molecular formula is C23H28N4O4. The van der Waals surface area contributed by atoms with Crippen LogP contribution in [0.1, 0.15) is 17.5 Å². The molecule has 0 N–H and O–H groups in total. The first-order valence-electron chi connectivity index (χ1n) is 9.77. The van der Waals surface area contributed by atoms with Gasteiger partial charge in [-0.15, -0.1) is 0 Å². The van der Waals surface area contributed by atoms with E-state index in [1.165, 1.54) is 12.2 Å². The first-order chi connectivity index (χ1) is 14.9. The van der Waals surface area contributed by atoms with E-state index in [1.54, 1.807) is 87.2 Å². The highest BCUT2D eigenvalue weighted by molar-refractivity contribution is 5.92. The number of hydrogen-bond donors (Lipinski definition) is 0. The third-order valence-electron chi connectivity index (χ3n) is 4.52. The van der Waals surface area contributed by atoms with Crippen LogP contribution in [-0.2, 0) is 9.59 Å². The molecule has 2 aromatic heterocycles. The zero-order valence-corrected chi connectivity index (χ0v) is 18.3. The second-order valence-electron chi connectivity index (χ2n) is 6.86. The van der Waals surface area contributed by atoms with Crippen molar-refractivity contribution in [1.29, 1.82) is 0 Å². The van der Waals surface area contributed by atoms with Gasteiger partial charge in [0.2, 0.25) is 11.8 Å². The van der Waals surface area contributed by atoms with Gasteiger partial charge in [0.1, 0.15) is 11.5 Å². The molecule has 0 aromatic carbocycles. The highest BCUT2D eigenvalue weighted by Gasteiger charge is 2.08. The van der Waals surface area contributed by atoms with Crippen LogP contribution < -0.4 is 9.47 Å². The summed E-state index contributed by atoms with van der Waals surface area (Å²) in [5.41, 5.74) is 1.56. The van der Waals surface area contributed by atoms with Crippen LogP contribution in [0, 0.1) is 0 Å². The lowest BCUT2D eigenvalue weighted by Gasteiger charge is -2.19. The van der Waals surface area contributed by atoms with Gasteiger partial charge in [0.15, 0.2) is 0 Å². The van der Waals surface area contributed by atoms with Gasteiger partial charge in [-0.05, 0) is 41.8 Å². The Labute approximate surface area is 182 Å². The average Bonchev–Trinajstić information content (AvgIpc) is 2.80. The number of aromatic nitrogens is 2. The second-order valence-corrected chi connectivity index (χ2v) is 6.86. The van der Waals surface area contributed by atoms with Gasteiger partial charge in [-0.25, -0.2) is 0 Å². The molecule has 2 rings (SSSR count). The van der Waals surface area contributed by atoms with E-state index in [1.807, 2.05) is 0 Å². The monoisotopic (exact) mass is 424 g/mol. The van der Waals surface area contributed by atoms with Crippen LogP contribution in [0.5, 0.6) is 11.5 Å². The van der Waals surface area contributed by atoms with E-state index in [4.69, 9.17) is 9.47 Å². The summed E-state index contributed by atoms with van der Waals surface area (Å²) in [6, 6.07) is 3.60. The minimum Gasteiger partial charge on any atom is -0.495 e. The van der Waals surface area contributed by atoms with Crippen LogP contribution in [0.3, 0.4) is 0 Å². The lowest BCUT2D eigenvalue weighted by molar-refractivity contribution is -0.125. The quantitative estimate of drug-likeness (QED) is 0.545. The van der Waals surface area contributed by atoms with Crippen LogP contribution >= 0.6 is 0 Å². The average molecular weight is 425 g/mol. The van der Waals surface area contributed by atoms with Gasteiger partial charge in [-0.1, -0.05) is 0 Å². The van der Waals surface area contributed by atoms with E-state index >= 15 is 0 Å². The molecule has 8 nitrogen and oxygen atoms in total. The number of hydrogen-bond acceptors (Lipinski definition) is 6. The summed E-state index contributed by atoms with van der Waals surface area (Å²) in [4.78, 5) is 35.9. The van der Waals surface area contributed by atoms with Crippen LogP contribution in [0.2, 0.25) is 0 Å². The van der Waals surface area contributed by atoms with Gasteiger partial charge in [-0.2, -0.15) is 0 Å². The number of ether oxygens (including phenoxy) is 2. The summed E-state index contributed by atoms with van der Waals surface area (Å²) in [5, 5.41) is 0. The van der Waals surface area contributed by atoms with Crippen molar-refractivity contribution in [3.63, 3.8) is 0 Å². The SMILES string of the molecule is COc1cncc(/C=C/C(=O)N(C)CCCN(C)C(=O)/C=C/c2cncc(OC)c2)c1. The van der Waals surface area contributed by atoms with E-state index in [9.17, 15) is 9.59 Å². The molecule has 0 atom stereocenters. The molecule has 2 heterocycles. The molecule has 0 radical (unpaired) electrons. The maximum Gasteiger partial charge on any atom is 0.246 e. The molecule has 2 aromatic rings. The predicted octanol–water partition coefficient (Wildman–Crippen LogP) is 2.53. The maximum atomic E-state index is 12.3. The lowest BCUT2D eigenvalue weighted by Crippen LogP contribution is -2.31. The van der Waals surface area contributed by atoms with Crippen LogP contribution in [0.15, 0.2) is 49.1 Å². The van der Waals surface area contributed by atoms with Crippen molar-refractivity contribution in [2.24, 2.45) is 0 Å². The summed E-state index contributed by atoms with van der Waals surface area (Å²) in [7, 11) is 6.59. The Kier molecular flexibility index (Phi) is 9.22. The molecule has 0 aliphatic heterocycles. The molecule has 8 heteroatoms. The zero-order valence-electron chi connectivity index (χ0n) is 18.3. The fraction of sp³-hybridized carbons (Fsp3) is 0.304. The normalized spacial score (nSPS) is 11.0. The Balaban J connectivity index is 1.77. The van der Waals surface area contributed by atoms with Gasteiger partial charge in [0.05, 0.1) is 26.6 Å². The van der Waals surface area contributed by atoms with Crippen LogP contribution in [-0.4, -0.2) is 73.0 Å². The van der Waals surface area contributed by atoms with Crippen LogP contribution in [0.25, 0.3) is 12.2 Å². The Morgan fingerprint density at radius 2 is 1.23 bits per heavy atom. The van der Waals surface area contributed by atoms with Crippen molar-refractivity contribution >= 4 is 24.0 Å². The Morgan fingerprint density at radius 3 is 1.61 bits per heavy atom. The molecule has 0 spiro atoms. The van der Waals surface area contributed by atoms with Gasteiger partial charge in [-0.3, -0.25) is 19.6 Å². The third kappa shape index (κ3) is 7.93. The Morgan fingerprint density at radius 1 is 0.806 bits per heavy atom. The largest absolute Gasteiger partial charge is 0.495 e. The molecule has 0 bridgehead atoms. The van der Waals surface area contributed by atoms with Gasteiger partial charge in [0.25, 0.3) is 0 Å². The van der Waals surface area contributed by atoms with E-state index in [2.05, 4.69) is 9.97 Å². The first kappa shape index (κ1) is 23.6. The molecule has 31 heavy (non-hydrogen) atoms. The van der Waals surface area contributed by atoms with E-state index in [-0.39, 0.29) is 11.8 Å². The number of pyridine rings is 2. The van der Waals surface area contributed by atoms with Crippen LogP contribution in [0.4, 0.5) is 0 Å². The van der Waals surface area contributed by atoms with Crippen molar-refractivity contribution in [3.05, 3.63) is 60.2 Å². The summed E-state index contributed by atoms with van der Waals surface area (Å²) in [5.74, 6) is 1.02. The maximum absolute atomic E-state index is 12.3. The minimum absolute atomic E-state index is 0.123. The van der Waals surface area contributed by atoms with Crippen molar-refractivity contribution in [2.75, 3.05) is 41.4 Å². The number of carbonyl (C=O) groups is 2. The summed E-state index contributed by atoms with van der Waals surface area (Å²) < 4.78 is 10.2. The van der Waals surface area contributed by atoms with Crippen molar-refractivity contribution < 1.29 is 19.1 Å². The standard InChI is InChI=1S/C23H28N4O4/c1-26(22(28)8-6-18-12-20(30-3)16-24-14-18)10-5-11-27(2)23(29)9-7-19-13-21(31-4)17-25-15-19/h6-9,12-17H,5,10-11H2,1-4H3/b8-6+,9-7+. The van der Waals surface area contributed by atoms with Gasteiger partial charge < -0.3 is 19.3 Å². The second kappa shape index (κ2) is 12.1. The van der Waals surface area contributed by atoms with E-state index in [0.29, 0.717) is 31.0 Å². The number of carbonyl (C=O) groups excluding carboxylic acids is 2. The van der Waals surface area contributed by atoms with E-state index < -0.39 is 0 Å². The van der Waals surface area contributed by atoms with Crippen molar-refractivity contribution in [1.82, 2.24) is 19.8 Å². The summed E-state index contributed by atoms with van der Waals surface area (Å²) in [6.07, 6.45) is 13.6. The highest BCUT2D eigenvalue weighted by Crippen LogP contribution is 2.12. The number of methoxy groups -OCH3 is 2. The minimum atomic E-state index is -0.123. The molecule has 0 saturated carbocycles. The smallest absolute Gasteiger partial charge is 0.246 e. The predicted molar refractivity (Wildman–Crippen MR) is 120 cm³/mol. The number of rotatable bonds is 10. The van der Waals surface area contributed by atoms with E-state index in [0.717, 1.165) is 11.1 Å². The van der Waals surface area contributed by atoms with Gasteiger partial charge in [0, 0.05) is 51.7 Å². The third-order valence-corrected chi connectivity index (χ3v) is 4.52. The van der Waals surface area contributed by atoms with Crippen molar-refractivity contribution in [3.8, 4) is 11.5 Å². The van der Waals surface area contributed by atoms with Gasteiger partial charge >= 0.3 is 0 Å². The number of nitrogens with zero attached hydrogens (tertiary/aromatic N) is 4. The molecule has 164 valence electrons. The number of likely N-dealkylation sites (N-methyl/N-ethyl adjacent to an activating group) is 2. The highest BCUT2D eigenvalue weighted by atomic mass is 16.5. The molecular weight excluding hydrogens is 396 g/mol. The lowest BCUT2D eigenvalue weighted by atomic mass is 10.2.